The maximum Gasteiger partial charge on any atom is 0.0586 e. The number of aliphatic hydroxyl groups excluding tert-OH is 1. The summed E-state index contributed by atoms with van der Waals surface area (Å²) in [5.74, 6) is 0. The summed E-state index contributed by atoms with van der Waals surface area (Å²) in [7, 11) is 0. The molecule has 1 saturated carbocycles. The fraction of sp³-hybridized carbons (Fsp3) is 1.00. The Balaban J connectivity index is 1.92. The summed E-state index contributed by atoms with van der Waals surface area (Å²) in [5, 5.41) is 13.4. The second kappa shape index (κ2) is 7.77. The Kier molecular flexibility index (Phi) is 6.31. The zero-order valence-electron chi connectivity index (χ0n) is 13.5. The standard InChI is InChI=1S/C17H34N2O/c1-3-10-17(2,13-18-15-8-9-15)14-19-11-6-4-5-7-16(19)12-20/h15-16,18,20H,3-14H2,1-2H3. The van der Waals surface area contributed by atoms with Gasteiger partial charge in [0.15, 0.2) is 0 Å². The van der Waals surface area contributed by atoms with Crippen molar-refractivity contribution in [2.24, 2.45) is 5.41 Å². The predicted octanol–water partition coefficient (Wildman–Crippen LogP) is 2.78. The van der Waals surface area contributed by atoms with Gasteiger partial charge >= 0.3 is 0 Å². The molecular formula is C17H34N2O. The van der Waals surface area contributed by atoms with Crippen LogP contribution in [0.2, 0.25) is 0 Å². The Hall–Kier alpha value is -0.120. The van der Waals surface area contributed by atoms with Crippen LogP contribution in [0.25, 0.3) is 0 Å². The van der Waals surface area contributed by atoms with E-state index in [2.05, 4.69) is 24.1 Å². The summed E-state index contributed by atoms with van der Waals surface area (Å²) in [5.41, 5.74) is 0.356. The summed E-state index contributed by atoms with van der Waals surface area (Å²) in [4.78, 5) is 2.58. The van der Waals surface area contributed by atoms with Gasteiger partial charge in [0, 0.05) is 25.2 Å². The molecule has 2 atom stereocenters. The molecule has 1 aliphatic heterocycles. The molecule has 0 amide bonds. The number of aliphatic hydroxyl groups is 1. The maximum absolute atomic E-state index is 9.68. The topological polar surface area (TPSA) is 35.5 Å². The van der Waals surface area contributed by atoms with Gasteiger partial charge in [-0.05, 0) is 44.1 Å². The van der Waals surface area contributed by atoms with Crippen LogP contribution in [0, 0.1) is 5.41 Å². The first-order valence-electron chi connectivity index (χ1n) is 8.75. The Morgan fingerprint density at radius 1 is 1.20 bits per heavy atom. The van der Waals surface area contributed by atoms with E-state index in [4.69, 9.17) is 0 Å². The number of hydrogen-bond donors (Lipinski definition) is 2. The van der Waals surface area contributed by atoms with Gasteiger partial charge in [0.25, 0.3) is 0 Å². The highest BCUT2D eigenvalue weighted by Gasteiger charge is 2.32. The van der Waals surface area contributed by atoms with Gasteiger partial charge in [-0.3, -0.25) is 4.90 Å². The molecular weight excluding hydrogens is 248 g/mol. The van der Waals surface area contributed by atoms with E-state index in [0.29, 0.717) is 18.1 Å². The normalized spacial score (nSPS) is 28.1. The van der Waals surface area contributed by atoms with Crippen LogP contribution in [0.3, 0.4) is 0 Å². The van der Waals surface area contributed by atoms with E-state index in [1.165, 1.54) is 57.9 Å². The predicted molar refractivity (Wildman–Crippen MR) is 85.0 cm³/mol. The van der Waals surface area contributed by atoms with Crippen molar-refractivity contribution in [3.63, 3.8) is 0 Å². The molecule has 0 radical (unpaired) electrons. The lowest BCUT2D eigenvalue weighted by molar-refractivity contribution is 0.0754. The number of rotatable bonds is 8. The number of hydrogen-bond acceptors (Lipinski definition) is 3. The largest absolute Gasteiger partial charge is 0.395 e. The molecule has 2 rings (SSSR count). The van der Waals surface area contributed by atoms with Crippen molar-refractivity contribution in [2.45, 2.75) is 77.3 Å². The molecule has 0 aromatic rings. The molecule has 2 aliphatic rings. The minimum atomic E-state index is 0.332. The lowest BCUT2D eigenvalue weighted by atomic mass is 9.84. The summed E-state index contributed by atoms with van der Waals surface area (Å²) in [6.45, 7) is 8.52. The third kappa shape index (κ3) is 5.01. The van der Waals surface area contributed by atoms with Crippen molar-refractivity contribution in [1.29, 1.82) is 0 Å². The van der Waals surface area contributed by atoms with Gasteiger partial charge in [0.05, 0.1) is 6.61 Å². The van der Waals surface area contributed by atoms with E-state index in [-0.39, 0.29) is 0 Å². The van der Waals surface area contributed by atoms with Gasteiger partial charge in [-0.1, -0.05) is 33.1 Å². The zero-order chi connectivity index (χ0) is 14.4. The molecule has 2 unspecified atom stereocenters. The van der Waals surface area contributed by atoms with Crippen molar-refractivity contribution < 1.29 is 5.11 Å². The fourth-order valence-electron chi connectivity index (χ4n) is 3.65. The van der Waals surface area contributed by atoms with Crippen molar-refractivity contribution in [2.75, 3.05) is 26.2 Å². The highest BCUT2D eigenvalue weighted by atomic mass is 16.3. The van der Waals surface area contributed by atoms with E-state index in [1.54, 1.807) is 0 Å². The Labute approximate surface area is 125 Å². The van der Waals surface area contributed by atoms with Crippen LogP contribution in [-0.4, -0.2) is 48.3 Å². The first-order chi connectivity index (χ1) is 9.67. The molecule has 118 valence electrons. The molecule has 3 heteroatoms. The van der Waals surface area contributed by atoms with Crippen LogP contribution in [-0.2, 0) is 0 Å². The van der Waals surface area contributed by atoms with Crippen LogP contribution in [0.1, 0.15) is 65.2 Å². The van der Waals surface area contributed by atoms with Crippen LogP contribution < -0.4 is 5.32 Å². The fourth-order valence-corrected chi connectivity index (χ4v) is 3.65. The molecule has 0 aromatic carbocycles. The quantitative estimate of drug-likeness (QED) is 0.718. The summed E-state index contributed by atoms with van der Waals surface area (Å²) >= 11 is 0. The van der Waals surface area contributed by atoms with Gasteiger partial charge in [-0.15, -0.1) is 0 Å². The van der Waals surface area contributed by atoms with Crippen molar-refractivity contribution in [3.8, 4) is 0 Å². The van der Waals surface area contributed by atoms with Gasteiger partial charge in [-0.25, -0.2) is 0 Å². The summed E-state index contributed by atoms with van der Waals surface area (Å²) in [6.07, 6.45) is 10.4. The second-order valence-corrected chi connectivity index (χ2v) is 7.37. The lowest BCUT2D eigenvalue weighted by Crippen LogP contribution is -2.47. The Morgan fingerprint density at radius 3 is 2.65 bits per heavy atom. The molecule has 0 spiro atoms. The Bertz CT molecular complexity index is 280. The SMILES string of the molecule is CCCC(C)(CNC1CC1)CN1CCCCCC1CO. The van der Waals surface area contributed by atoms with Crippen molar-refractivity contribution >= 4 is 0 Å². The minimum absolute atomic E-state index is 0.332. The maximum atomic E-state index is 9.68. The molecule has 1 aliphatic carbocycles. The van der Waals surface area contributed by atoms with Gasteiger partial charge in [0.1, 0.15) is 0 Å². The Morgan fingerprint density at radius 2 is 2.00 bits per heavy atom. The molecule has 0 bridgehead atoms. The number of nitrogens with one attached hydrogen (secondary N) is 1. The van der Waals surface area contributed by atoms with Crippen LogP contribution >= 0.6 is 0 Å². The first-order valence-corrected chi connectivity index (χ1v) is 8.75. The third-order valence-corrected chi connectivity index (χ3v) is 5.04. The van der Waals surface area contributed by atoms with Crippen LogP contribution in [0.4, 0.5) is 0 Å². The van der Waals surface area contributed by atoms with E-state index >= 15 is 0 Å². The van der Waals surface area contributed by atoms with Crippen LogP contribution in [0.15, 0.2) is 0 Å². The zero-order valence-corrected chi connectivity index (χ0v) is 13.5. The van der Waals surface area contributed by atoms with E-state index < -0.39 is 0 Å². The number of nitrogens with zero attached hydrogens (tertiary/aromatic N) is 1. The highest BCUT2D eigenvalue weighted by molar-refractivity contribution is 4.89. The molecule has 1 saturated heterocycles. The highest BCUT2D eigenvalue weighted by Crippen LogP contribution is 2.29. The minimum Gasteiger partial charge on any atom is -0.395 e. The molecule has 3 nitrogen and oxygen atoms in total. The number of likely N-dealkylation sites (tertiary alicyclic amines) is 1. The first kappa shape index (κ1) is 16.3. The van der Waals surface area contributed by atoms with Gasteiger partial charge in [-0.2, -0.15) is 0 Å². The van der Waals surface area contributed by atoms with E-state index in [9.17, 15) is 5.11 Å². The van der Waals surface area contributed by atoms with Gasteiger partial charge < -0.3 is 10.4 Å². The van der Waals surface area contributed by atoms with Gasteiger partial charge in [0.2, 0.25) is 0 Å². The van der Waals surface area contributed by atoms with Crippen LogP contribution in [0.5, 0.6) is 0 Å². The van der Waals surface area contributed by atoms with E-state index in [1.807, 2.05) is 0 Å². The molecule has 2 N–H and O–H groups in total. The molecule has 0 aromatic heterocycles. The monoisotopic (exact) mass is 282 g/mol. The smallest absolute Gasteiger partial charge is 0.0586 e. The molecule has 2 fully saturated rings. The summed E-state index contributed by atoms with van der Waals surface area (Å²) in [6, 6.07) is 1.19. The average Bonchev–Trinajstić information content (AvgIpc) is 3.24. The molecule has 1 heterocycles. The molecule has 20 heavy (non-hydrogen) atoms. The van der Waals surface area contributed by atoms with Crippen molar-refractivity contribution in [3.05, 3.63) is 0 Å². The van der Waals surface area contributed by atoms with Crippen molar-refractivity contribution in [1.82, 2.24) is 10.2 Å². The second-order valence-electron chi connectivity index (χ2n) is 7.37. The average molecular weight is 282 g/mol. The summed E-state index contributed by atoms with van der Waals surface area (Å²) < 4.78 is 0. The third-order valence-electron chi connectivity index (χ3n) is 5.04. The van der Waals surface area contributed by atoms with E-state index in [0.717, 1.165) is 19.1 Å². The lowest BCUT2D eigenvalue weighted by Gasteiger charge is -2.38.